The summed E-state index contributed by atoms with van der Waals surface area (Å²) in [6.45, 7) is 0.0113. The molecule has 2 aromatic rings. The van der Waals surface area contributed by atoms with E-state index in [-0.39, 0.29) is 42.3 Å². The standard InChI is InChI=1S/C19H19BrO5S/c20-16-9-7-15(8-10-16)18(21)11-12-19(22)25-13-4-14-26(23,24)17-5-2-1-3-6-17/h1-3,5-10H,4,11-14H2. The van der Waals surface area contributed by atoms with Crippen molar-refractivity contribution in [2.75, 3.05) is 12.4 Å². The van der Waals surface area contributed by atoms with Crippen LogP contribution in [0.5, 0.6) is 0 Å². The minimum Gasteiger partial charge on any atom is -0.466 e. The lowest BCUT2D eigenvalue weighted by Gasteiger charge is -2.06. The number of ether oxygens (including phenoxy) is 1. The van der Waals surface area contributed by atoms with Crippen molar-refractivity contribution in [2.24, 2.45) is 0 Å². The fourth-order valence-corrected chi connectivity index (χ4v) is 3.82. The predicted molar refractivity (Wildman–Crippen MR) is 102 cm³/mol. The summed E-state index contributed by atoms with van der Waals surface area (Å²) in [5, 5.41) is 0. The third-order valence-corrected chi connectivity index (χ3v) is 5.99. The van der Waals surface area contributed by atoms with Gasteiger partial charge in [0.1, 0.15) is 0 Å². The van der Waals surface area contributed by atoms with Gasteiger partial charge >= 0.3 is 5.97 Å². The second kappa shape index (κ2) is 9.64. The van der Waals surface area contributed by atoms with Crippen LogP contribution in [0.4, 0.5) is 0 Å². The quantitative estimate of drug-likeness (QED) is 0.337. The summed E-state index contributed by atoms with van der Waals surface area (Å²) in [6, 6.07) is 15.0. The van der Waals surface area contributed by atoms with Crippen molar-refractivity contribution in [3.05, 3.63) is 64.6 Å². The Bertz CT molecular complexity index is 845. The Morgan fingerprint density at radius 2 is 1.58 bits per heavy atom. The van der Waals surface area contributed by atoms with Crippen molar-refractivity contribution in [2.45, 2.75) is 24.2 Å². The molecular weight excluding hydrogens is 420 g/mol. The molecule has 0 aliphatic carbocycles. The highest BCUT2D eigenvalue weighted by molar-refractivity contribution is 9.10. The molecule has 0 bridgehead atoms. The van der Waals surface area contributed by atoms with E-state index >= 15 is 0 Å². The third-order valence-electron chi connectivity index (χ3n) is 3.65. The average molecular weight is 439 g/mol. The minimum absolute atomic E-state index is 0.0113. The molecule has 0 aliphatic rings. The maximum Gasteiger partial charge on any atom is 0.306 e. The van der Waals surface area contributed by atoms with Gasteiger partial charge in [-0.2, -0.15) is 0 Å². The zero-order valence-corrected chi connectivity index (χ0v) is 16.5. The fourth-order valence-electron chi connectivity index (χ4n) is 2.25. The van der Waals surface area contributed by atoms with Crippen LogP contribution in [0.25, 0.3) is 0 Å². The Kier molecular flexibility index (Phi) is 7.53. The first-order valence-electron chi connectivity index (χ1n) is 8.11. The summed E-state index contributed by atoms with van der Waals surface area (Å²) in [6.07, 6.45) is 0.243. The largest absolute Gasteiger partial charge is 0.466 e. The molecule has 0 amide bonds. The van der Waals surface area contributed by atoms with E-state index in [1.807, 2.05) is 0 Å². The molecule has 0 fully saturated rings. The lowest BCUT2D eigenvalue weighted by molar-refractivity contribution is -0.143. The molecule has 0 unspecified atom stereocenters. The first-order chi connectivity index (χ1) is 12.4. The number of esters is 1. The normalized spacial score (nSPS) is 11.1. The van der Waals surface area contributed by atoms with Crippen LogP contribution >= 0.6 is 15.9 Å². The van der Waals surface area contributed by atoms with Gasteiger partial charge in [0.15, 0.2) is 15.6 Å². The number of halogens is 1. The number of rotatable bonds is 9. The third kappa shape index (κ3) is 6.38. The highest BCUT2D eigenvalue weighted by Crippen LogP contribution is 2.13. The number of ketones is 1. The van der Waals surface area contributed by atoms with E-state index in [1.165, 1.54) is 12.1 Å². The van der Waals surface area contributed by atoms with E-state index in [9.17, 15) is 18.0 Å². The number of Topliss-reactive ketones (excluding diaryl/α,β-unsaturated/α-hetero) is 1. The molecule has 0 aromatic heterocycles. The number of hydrogen-bond acceptors (Lipinski definition) is 5. The van der Waals surface area contributed by atoms with Crippen LogP contribution in [0.2, 0.25) is 0 Å². The molecule has 0 radical (unpaired) electrons. The van der Waals surface area contributed by atoms with Crippen LogP contribution < -0.4 is 0 Å². The van der Waals surface area contributed by atoms with E-state index < -0.39 is 15.8 Å². The van der Waals surface area contributed by atoms with Gasteiger partial charge in [0.25, 0.3) is 0 Å². The van der Waals surface area contributed by atoms with Crippen LogP contribution in [0.3, 0.4) is 0 Å². The molecule has 138 valence electrons. The highest BCUT2D eigenvalue weighted by Gasteiger charge is 2.14. The highest BCUT2D eigenvalue weighted by atomic mass is 79.9. The molecule has 0 saturated heterocycles. The first kappa shape index (κ1) is 20.3. The van der Waals surface area contributed by atoms with Crippen molar-refractivity contribution in [3.63, 3.8) is 0 Å². The Morgan fingerprint density at radius 1 is 0.923 bits per heavy atom. The maximum atomic E-state index is 12.1. The van der Waals surface area contributed by atoms with Crippen molar-refractivity contribution in [1.29, 1.82) is 0 Å². The summed E-state index contributed by atoms with van der Waals surface area (Å²) in [7, 11) is -3.37. The van der Waals surface area contributed by atoms with Gasteiger partial charge in [-0.15, -0.1) is 0 Å². The van der Waals surface area contributed by atoms with Gasteiger partial charge in [0.2, 0.25) is 0 Å². The van der Waals surface area contributed by atoms with Crippen LogP contribution in [-0.4, -0.2) is 32.5 Å². The topological polar surface area (TPSA) is 77.5 Å². The van der Waals surface area contributed by atoms with Gasteiger partial charge in [0.05, 0.1) is 23.7 Å². The fraction of sp³-hybridized carbons (Fsp3) is 0.263. The van der Waals surface area contributed by atoms with Gasteiger partial charge in [-0.1, -0.05) is 46.3 Å². The molecule has 2 aromatic carbocycles. The smallest absolute Gasteiger partial charge is 0.306 e. The van der Waals surface area contributed by atoms with Crippen LogP contribution in [0.15, 0.2) is 64.0 Å². The molecule has 26 heavy (non-hydrogen) atoms. The van der Waals surface area contributed by atoms with E-state index in [2.05, 4.69) is 15.9 Å². The number of benzene rings is 2. The molecule has 0 atom stereocenters. The van der Waals surface area contributed by atoms with Crippen molar-refractivity contribution >= 4 is 37.5 Å². The van der Waals surface area contributed by atoms with Gasteiger partial charge < -0.3 is 4.74 Å². The van der Waals surface area contributed by atoms with Gasteiger partial charge in [-0.25, -0.2) is 8.42 Å². The molecule has 0 saturated carbocycles. The van der Waals surface area contributed by atoms with E-state index in [4.69, 9.17) is 4.74 Å². The Hall–Kier alpha value is -1.99. The van der Waals surface area contributed by atoms with Crippen molar-refractivity contribution in [3.8, 4) is 0 Å². The molecule has 0 aliphatic heterocycles. The summed E-state index contributed by atoms with van der Waals surface area (Å²) in [5.41, 5.74) is 0.537. The number of sulfone groups is 1. The second-order valence-corrected chi connectivity index (χ2v) is 8.66. The predicted octanol–water partition coefficient (Wildman–Crippen LogP) is 3.82. The zero-order valence-electron chi connectivity index (χ0n) is 14.1. The van der Waals surface area contributed by atoms with Crippen molar-refractivity contribution < 1.29 is 22.7 Å². The van der Waals surface area contributed by atoms with E-state index in [0.29, 0.717) is 5.56 Å². The Balaban J connectivity index is 1.69. The Morgan fingerprint density at radius 3 is 2.23 bits per heavy atom. The van der Waals surface area contributed by atoms with Crippen LogP contribution in [-0.2, 0) is 19.4 Å². The summed E-state index contributed by atoms with van der Waals surface area (Å²) in [4.78, 5) is 23.9. The van der Waals surface area contributed by atoms with Gasteiger partial charge in [0, 0.05) is 16.5 Å². The number of hydrogen-bond donors (Lipinski definition) is 0. The molecule has 5 nitrogen and oxygen atoms in total. The monoisotopic (exact) mass is 438 g/mol. The molecule has 0 spiro atoms. The summed E-state index contributed by atoms with van der Waals surface area (Å²) >= 11 is 3.29. The second-order valence-electron chi connectivity index (χ2n) is 5.64. The summed E-state index contributed by atoms with van der Waals surface area (Å²) in [5.74, 6) is -0.740. The van der Waals surface area contributed by atoms with Crippen LogP contribution in [0.1, 0.15) is 29.6 Å². The lowest BCUT2D eigenvalue weighted by Crippen LogP contribution is -2.13. The SMILES string of the molecule is O=C(CCC(=O)c1ccc(Br)cc1)OCCCS(=O)(=O)c1ccccc1. The maximum absolute atomic E-state index is 12.1. The minimum atomic E-state index is -3.37. The molecule has 0 heterocycles. The van der Waals surface area contributed by atoms with E-state index in [1.54, 1.807) is 42.5 Å². The average Bonchev–Trinajstić information content (AvgIpc) is 2.64. The zero-order chi connectivity index (χ0) is 19.0. The number of carbonyl (C=O) groups excluding carboxylic acids is 2. The van der Waals surface area contributed by atoms with Gasteiger partial charge in [-0.3, -0.25) is 9.59 Å². The first-order valence-corrected chi connectivity index (χ1v) is 10.6. The van der Waals surface area contributed by atoms with Crippen LogP contribution in [0, 0.1) is 0 Å². The number of carbonyl (C=O) groups is 2. The Labute approximate surface area is 161 Å². The molecular formula is C19H19BrO5S. The van der Waals surface area contributed by atoms with E-state index in [0.717, 1.165) is 4.47 Å². The van der Waals surface area contributed by atoms with Gasteiger partial charge in [-0.05, 0) is 30.7 Å². The summed E-state index contributed by atoms with van der Waals surface area (Å²) < 4.78 is 30.1. The molecule has 7 heteroatoms. The molecule has 2 rings (SSSR count). The lowest BCUT2D eigenvalue weighted by atomic mass is 10.1. The molecule has 0 N–H and O–H groups in total. The van der Waals surface area contributed by atoms with Crippen molar-refractivity contribution in [1.82, 2.24) is 0 Å².